The van der Waals surface area contributed by atoms with Gasteiger partial charge in [0.25, 0.3) is 0 Å². The van der Waals surface area contributed by atoms with Crippen molar-refractivity contribution >= 4 is 27.5 Å². The predicted molar refractivity (Wildman–Crippen MR) is 120 cm³/mol. The molecule has 0 aliphatic heterocycles. The van der Waals surface area contributed by atoms with E-state index in [2.05, 4.69) is 75.3 Å². The molecule has 0 spiro atoms. The molecule has 0 N–H and O–H groups in total. The summed E-state index contributed by atoms with van der Waals surface area (Å²) in [7, 11) is -1.33. The fourth-order valence-corrected chi connectivity index (χ4v) is 7.79. The summed E-state index contributed by atoms with van der Waals surface area (Å²) < 4.78 is 8.07. The van der Waals surface area contributed by atoms with Crippen molar-refractivity contribution in [2.24, 2.45) is 5.41 Å². The third-order valence-electron chi connectivity index (χ3n) is 5.82. The van der Waals surface area contributed by atoms with Crippen LogP contribution in [0.4, 0.5) is 0 Å². The molecule has 1 fully saturated rings. The molecule has 3 heteroatoms. The standard InChI is InChI=1S/C24H34OSeSi/c1-19-11-9-15-24(2)16-14-21(26-20-12-7-6-8-13-20)23(22(19)24)25-17-10-18-27(3,4)5/h6-8,12-13,21,23H,9,11,14-17H2,1-5H3/t21-,23-,24-/m1/s1. The quantitative estimate of drug-likeness (QED) is 0.344. The van der Waals surface area contributed by atoms with Crippen molar-refractivity contribution in [1.29, 1.82) is 0 Å². The molecule has 2 aliphatic rings. The fraction of sp³-hybridized carbons (Fsp3) is 0.583. The molecule has 3 rings (SSSR count). The Morgan fingerprint density at radius 2 is 1.93 bits per heavy atom. The van der Waals surface area contributed by atoms with E-state index in [1.807, 2.05) is 0 Å². The van der Waals surface area contributed by atoms with E-state index >= 15 is 0 Å². The van der Waals surface area contributed by atoms with Crippen LogP contribution in [0.25, 0.3) is 0 Å². The van der Waals surface area contributed by atoms with Gasteiger partial charge in [-0.25, -0.2) is 0 Å². The van der Waals surface area contributed by atoms with Crippen LogP contribution in [0.2, 0.25) is 24.5 Å². The van der Waals surface area contributed by atoms with E-state index in [1.165, 1.54) is 36.6 Å². The minimum atomic E-state index is -1.33. The molecular weight excluding hydrogens is 411 g/mol. The molecule has 0 heterocycles. The van der Waals surface area contributed by atoms with Gasteiger partial charge in [0.15, 0.2) is 0 Å². The van der Waals surface area contributed by atoms with Gasteiger partial charge in [-0.1, -0.05) is 0 Å². The minimum absolute atomic E-state index is 0.264. The van der Waals surface area contributed by atoms with E-state index in [0.717, 1.165) is 0 Å². The zero-order valence-corrected chi connectivity index (χ0v) is 20.3. The van der Waals surface area contributed by atoms with Crippen LogP contribution >= 0.6 is 0 Å². The number of benzene rings is 1. The molecule has 146 valence electrons. The zero-order valence-electron chi connectivity index (χ0n) is 17.6. The van der Waals surface area contributed by atoms with Gasteiger partial charge in [-0.15, -0.1) is 0 Å². The Morgan fingerprint density at radius 3 is 2.63 bits per heavy atom. The molecule has 0 radical (unpaired) electrons. The monoisotopic (exact) mass is 446 g/mol. The van der Waals surface area contributed by atoms with Crippen LogP contribution in [0.3, 0.4) is 0 Å². The number of ether oxygens (including phenoxy) is 1. The zero-order chi connectivity index (χ0) is 19.5. The molecule has 1 saturated carbocycles. The molecule has 1 nitrogen and oxygen atoms in total. The first-order valence-corrected chi connectivity index (χ1v) is 15.7. The maximum absolute atomic E-state index is 6.57. The molecule has 0 saturated heterocycles. The van der Waals surface area contributed by atoms with Crippen LogP contribution in [0.1, 0.15) is 46.0 Å². The van der Waals surface area contributed by atoms with Gasteiger partial charge >= 0.3 is 174 Å². The number of rotatable bonds is 4. The number of hydrogen-bond acceptors (Lipinski definition) is 1. The molecule has 2 aliphatic carbocycles. The Labute approximate surface area is 173 Å². The van der Waals surface area contributed by atoms with Gasteiger partial charge in [0.1, 0.15) is 0 Å². The van der Waals surface area contributed by atoms with Crippen molar-refractivity contribution in [2.45, 2.75) is 76.5 Å². The second-order valence-corrected chi connectivity index (χ2v) is 16.9. The van der Waals surface area contributed by atoms with Crippen LogP contribution < -0.4 is 4.46 Å². The summed E-state index contributed by atoms with van der Waals surface area (Å²) in [6, 6.07) is 11.0. The van der Waals surface area contributed by atoms with Crippen LogP contribution in [-0.2, 0) is 4.74 Å². The average molecular weight is 446 g/mol. The van der Waals surface area contributed by atoms with E-state index in [1.54, 1.807) is 11.1 Å². The number of hydrogen-bond donors (Lipinski definition) is 0. The summed E-state index contributed by atoms with van der Waals surface area (Å²) in [5.74, 6) is 3.35. The van der Waals surface area contributed by atoms with Gasteiger partial charge < -0.3 is 0 Å². The summed E-state index contributed by atoms with van der Waals surface area (Å²) in [6.45, 7) is 12.3. The van der Waals surface area contributed by atoms with Gasteiger partial charge in [-0.3, -0.25) is 0 Å². The van der Waals surface area contributed by atoms with E-state index in [-0.39, 0.29) is 6.10 Å². The summed E-state index contributed by atoms with van der Waals surface area (Å²) >= 11 is 0.449. The molecular formula is C24H34OSeSi. The van der Waals surface area contributed by atoms with Gasteiger partial charge in [-0.05, 0) is 0 Å². The second kappa shape index (κ2) is 8.70. The Hall–Kier alpha value is -0.784. The van der Waals surface area contributed by atoms with Gasteiger partial charge in [0.2, 0.25) is 0 Å². The molecule has 0 unspecified atom stereocenters. The Bertz CT molecular complexity index is 737. The van der Waals surface area contributed by atoms with Crippen molar-refractivity contribution in [2.75, 3.05) is 6.61 Å². The third-order valence-corrected chi connectivity index (χ3v) is 9.54. The van der Waals surface area contributed by atoms with E-state index in [0.29, 0.717) is 31.8 Å². The first-order valence-electron chi connectivity index (χ1n) is 10.3. The van der Waals surface area contributed by atoms with Crippen molar-refractivity contribution in [3.8, 4) is 11.5 Å². The van der Waals surface area contributed by atoms with E-state index in [4.69, 9.17) is 4.74 Å². The SMILES string of the molecule is CC1=C2[C@H](OCC#C[Si](C)(C)C)[C@H]([Se]c3ccccc3)CC[C@@]2(C)CCC1. The van der Waals surface area contributed by atoms with Crippen molar-refractivity contribution in [3.05, 3.63) is 41.5 Å². The van der Waals surface area contributed by atoms with E-state index < -0.39 is 8.07 Å². The molecule has 27 heavy (non-hydrogen) atoms. The Kier molecular flexibility index (Phi) is 6.75. The third kappa shape index (κ3) is 5.39. The molecule has 1 aromatic carbocycles. The topological polar surface area (TPSA) is 9.23 Å². The van der Waals surface area contributed by atoms with Crippen molar-refractivity contribution in [3.63, 3.8) is 0 Å². The molecule has 0 amide bonds. The summed E-state index contributed by atoms with van der Waals surface area (Å²) in [5, 5.41) is 0. The molecule has 3 atom stereocenters. The number of allylic oxidation sites excluding steroid dienone is 1. The van der Waals surface area contributed by atoms with Gasteiger partial charge in [0.05, 0.1) is 0 Å². The van der Waals surface area contributed by atoms with Crippen LogP contribution in [0.15, 0.2) is 41.5 Å². The second-order valence-electron chi connectivity index (χ2n) is 9.40. The summed E-state index contributed by atoms with van der Waals surface area (Å²) in [5.41, 5.74) is 7.06. The Morgan fingerprint density at radius 1 is 1.19 bits per heavy atom. The maximum atomic E-state index is 6.57. The molecule has 0 aromatic heterocycles. The van der Waals surface area contributed by atoms with Crippen LogP contribution in [0.5, 0.6) is 0 Å². The normalized spacial score (nSPS) is 28.3. The molecule has 1 aromatic rings. The first-order chi connectivity index (χ1) is 12.8. The van der Waals surface area contributed by atoms with Crippen LogP contribution in [0, 0.1) is 16.9 Å². The molecule has 0 bridgehead atoms. The van der Waals surface area contributed by atoms with Crippen LogP contribution in [-0.4, -0.2) is 35.7 Å². The van der Waals surface area contributed by atoms with E-state index in [9.17, 15) is 0 Å². The van der Waals surface area contributed by atoms with Gasteiger partial charge in [-0.2, -0.15) is 0 Å². The summed E-state index contributed by atoms with van der Waals surface area (Å²) in [4.78, 5) is 0.629. The summed E-state index contributed by atoms with van der Waals surface area (Å²) in [6.07, 6.45) is 6.78. The van der Waals surface area contributed by atoms with Crippen molar-refractivity contribution in [1.82, 2.24) is 0 Å². The fourth-order valence-electron chi connectivity index (χ4n) is 4.59. The number of fused-ring (bicyclic) bond motifs is 1. The average Bonchev–Trinajstić information content (AvgIpc) is 2.60. The first kappa shape index (κ1) is 20.9. The predicted octanol–water partition coefficient (Wildman–Crippen LogP) is 5.37. The van der Waals surface area contributed by atoms with Crippen molar-refractivity contribution < 1.29 is 4.74 Å². The Balaban J connectivity index is 1.84. The van der Waals surface area contributed by atoms with Gasteiger partial charge in [0, 0.05) is 0 Å².